The summed E-state index contributed by atoms with van der Waals surface area (Å²) in [6.07, 6.45) is 0. The fraction of sp³-hybridized carbons (Fsp3) is 0.250. The van der Waals surface area contributed by atoms with Crippen LogP contribution in [-0.4, -0.2) is 27.4 Å². The summed E-state index contributed by atoms with van der Waals surface area (Å²) in [6, 6.07) is 3.48. The van der Waals surface area contributed by atoms with E-state index in [1.165, 1.54) is 0 Å². The van der Waals surface area contributed by atoms with E-state index in [-0.39, 0.29) is 5.75 Å². The smallest absolute Gasteiger partial charge is 0.129 e. The number of methoxy groups -OCH3 is 1. The Labute approximate surface area is 132 Å². The molecule has 6 heteroatoms. The second-order valence-electron chi connectivity index (χ2n) is 5.16. The van der Waals surface area contributed by atoms with Crippen LogP contribution in [-0.2, 0) is 0 Å². The summed E-state index contributed by atoms with van der Waals surface area (Å²) in [5.41, 5.74) is 5.03. The lowest BCUT2D eigenvalue weighted by molar-refractivity contribution is 0.407. The van der Waals surface area contributed by atoms with Crippen LogP contribution < -0.4 is 4.74 Å². The number of hydrogen-bond donors (Lipinski definition) is 2. The molecule has 0 unspecified atom stereocenters. The van der Waals surface area contributed by atoms with Gasteiger partial charge in [-0.3, -0.25) is 5.10 Å². The van der Waals surface area contributed by atoms with Gasteiger partial charge in [0.15, 0.2) is 0 Å². The van der Waals surface area contributed by atoms with Gasteiger partial charge >= 0.3 is 0 Å². The predicted octanol–water partition coefficient (Wildman–Crippen LogP) is 3.84. The van der Waals surface area contributed by atoms with Gasteiger partial charge in [-0.15, -0.1) is 11.3 Å². The minimum absolute atomic E-state index is 0.150. The first-order valence-electron chi connectivity index (χ1n) is 6.86. The van der Waals surface area contributed by atoms with Crippen molar-refractivity contribution in [2.45, 2.75) is 20.8 Å². The lowest BCUT2D eigenvalue weighted by Crippen LogP contribution is -1.91. The van der Waals surface area contributed by atoms with E-state index in [4.69, 9.17) is 4.74 Å². The van der Waals surface area contributed by atoms with Gasteiger partial charge in [-0.2, -0.15) is 5.10 Å². The molecular formula is C16H17N3O2S. The van der Waals surface area contributed by atoms with Gasteiger partial charge in [-0.25, -0.2) is 4.98 Å². The third-order valence-electron chi connectivity index (χ3n) is 3.58. The van der Waals surface area contributed by atoms with E-state index in [2.05, 4.69) is 15.2 Å². The van der Waals surface area contributed by atoms with Gasteiger partial charge in [0.2, 0.25) is 0 Å². The van der Waals surface area contributed by atoms with E-state index in [1.54, 1.807) is 24.5 Å². The van der Waals surface area contributed by atoms with E-state index < -0.39 is 0 Å². The predicted molar refractivity (Wildman–Crippen MR) is 87.6 cm³/mol. The number of benzene rings is 1. The number of aromatic nitrogens is 3. The first-order valence-corrected chi connectivity index (χ1v) is 7.74. The van der Waals surface area contributed by atoms with Crippen LogP contribution in [0.1, 0.15) is 16.3 Å². The third kappa shape index (κ3) is 2.35. The Morgan fingerprint density at radius 1 is 1.18 bits per heavy atom. The molecule has 2 N–H and O–H groups in total. The maximum Gasteiger partial charge on any atom is 0.129 e. The SMILES string of the molecule is COc1cc(C)c(-c2n[nH]c(C)c2-c2csc(C)n2)c(O)c1. The van der Waals surface area contributed by atoms with Gasteiger partial charge in [0.25, 0.3) is 0 Å². The van der Waals surface area contributed by atoms with Crippen molar-refractivity contribution < 1.29 is 9.84 Å². The van der Waals surface area contributed by atoms with E-state index in [0.717, 1.165) is 27.5 Å². The molecule has 5 nitrogen and oxygen atoms in total. The highest BCUT2D eigenvalue weighted by Crippen LogP contribution is 2.41. The van der Waals surface area contributed by atoms with E-state index >= 15 is 0 Å². The number of nitrogens with zero attached hydrogens (tertiary/aromatic N) is 2. The molecule has 114 valence electrons. The molecule has 0 aliphatic heterocycles. The Kier molecular flexibility index (Phi) is 3.62. The van der Waals surface area contributed by atoms with Crippen molar-refractivity contribution in [2.75, 3.05) is 7.11 Å². The molecule has 0 saturated carbocycles. The lowest BCUT2D eigenvalue weighted by atomic mass is 9.99. The Balaban J connectivity index is 2.23. The largest absolute Gasteiger partial charge is 0.507 e. The lowest BCUT2D eigenvalue weighted by Gasteiger charge is -2.10. The zero-order chi connectivity index (χ0) is 15.9. The molecule has 3 aromatic rings. The third-order valence-corrected chi connectivity index (χ3v) is 4.36. The minimum atomic E-state index is 0.150. The average molecular weight is 315 g/mol. The number of aryl methyl sites for hydroxylation is 3. The number of H-pyrrole nitrogens is 1. The summed E-state index contributed by atoms with van der Waals surface area (Å²) in [5, 5.41) is 20.8. The van der Waals surface area contributed by atoms with Crippen LogP contribution in [0.5, 0.6) is 11.5 Å². The molecular weight excluding hydrogens is 298 g/mol. The molecule has 0 spiro atoms. The molecule has 1 aromatic carbocycles. The van der Waals surface area contributed by atoms with Gasteiger partial charge in [-0.1, -0.05) is 0 Å². The van der Waals surface area contributed by atoms with Gasteiger partial charge in [0, 0.05) is 28.3 Å². The second-order valence-corrected chi connectivity index (χ2v) is 6.22. The van der Waals surface area contributed by atoms with Crippen molar-refractivity contribution in [2.24, 2.45) is 0 Å². The molecule has 3 rings (SSSR count). The quantitative estimate of drug-likeness (QED) is 0.770. The molecule has 2 heterocycles. The number of aromatic hydroxyl groups is 1. The van der Waals surface area contributed by atoms with Crippen molar-refractivity contribution in [3.8, 4) is 34.0 Å². The van der Waals surface area contributed by atoms with Crippen LogP contribution in [0.3, 0.4) is 0 Å². The van der Waals surface area contributed by atoms with Crippen LogP contribution in [0, 0.1) is 20.8 Å². The van der Waals surface area contributed by atoms with Gasteiger partial charge in [0.1, 0.15) is 17.2 Å². The highest BCUT2D eigenvalue weighted by atomic mass is 32.1. The fourth-order valence-corrected chi connectivity index (χ4v) is 3.17. The van der Waals surface area contributed by atoms with Gasteiger partial charge in [0.05, 0.1) is 17.8 Å². The first kappa shape index (κ1) is 14.6. The molecule has 0 radical (unpaired) electrons. The minimum Gasteiger partial charge on any atom is -0.507 e. The molecule has 22 heavy (non-hydrogen) atoms. The fourth-order valence-electron chi connectivity index (χ4n) is 2.56. The van der Waals surface area contributed by atoms with Crippen LogP contribution in [0.15, 0.2) is 17.5 Å². The number of phenols is 1. The number of ether oxygens (including phenoxy) is 1. The van der Waals surface area contributed by atoms with Gasteiger partial charge < -0.3 is 9.84 Å². The Bertz CT molecular complexity index is 813. The van der Waals surface area contributed by atoms with Gasteiger partial charge in [-0.05, 0) is 32.4 Å². The topological polar surface area (TPSA) is 71.0 Å². The van der Waals surface area contributed by atoms with Crippen LogP contribution in [0.4, 0.5) is 0 Å². The van der Waals surface area contributed by atoms with Crippen molar-refractivity contribution in [1.29, 1.82) is 0 Å². The molecule has 0 aliphatic rings. The summed E-state index contributed by atoms with van der Waals surface area (Å²) in [5.74, 6) is 0.772. The molecule has 2 aromatic heterocycles. The summed E-state index contributed by atoms with van der Waals surface area (Å²) >= 11 is 1.59. The van der Waals surface area contributed by atoms with Crippen molar-refractivity contribution in [3.63, 3.8) is 0 Å². The summed E-state index contributed by atoms with van der Waals surface area (Å²) in [7, 11) is 1.58. The highest BCUT2D eigenvalue weighted by Gasteiger charge is 2.21. The number of phenolic OH excluding ortho intramolecular Hbond substituents is 1. The standard InChI is InChI=1S/C16H17N3O2S/c1-8-5-11(21-4)6-13(20)14(8)16-15(9(2)18-19-16)12-7-22-10(3)17-12/h5-7,20H,1-4H3,(H,18,19). The number of nitrogens with one attached hydrogen (secondary N) is 1. The highest BCUT2D eigenvalue weighted by molar-refractivity contribution is 7.09. The number of aromatic amines is 1. The zero-order valence-electron chi connectivity index (χ0n) is 12.9. The summed E-state index contributed by atoms with van der Waals surface area (Å²) < 4.78 is 5.19. The number of thiazole rings is 1. The van der Waals surface area contributed by atoms with Crippen molar-refractivity contribution in [3.05, 3.63) is 33.8 Å². The summed E-state index contributed by atoms with van der Waals surface area (Å²) in [4.78, 5) is 4.55. The van der Waals surface area contributed by atoms with Crippen LogP contribution >= 0.6 is 11.3 Å². The molecule has 0 amide bonds. The van der Waals surface area contributed by atoms with E-state index in [0.29, 0.717) is 17.0 Å². The normalized spacial score (nSPS) is 10.9. The van der Waals surface area contributed by atoms with Crippen LogP contribution in [0.2, 0.25) is 0 Å². The maximum absolute atomic E-state index is 10.4. The maximum atomic E-state index is 10.4. The Morgan fingerprint density at radius 3 is 2.55 bits per heavy atom. The second kappa shape index (κ2) is 5.46. The zero-order valence-corrected chi connectivity index (χ0v) is 13.7. The molecule has 0 bridgehead atoms. The average Bonchev–Trinajstić information content (AvgIpc) is 3.04. The van der Waals surface area contributed by atoms with Crippen molar-refractivity contribution in [1.82, 2.24) is 15.2 Å². The molecule has 0 saturated heterocycles. The monoisotopic (exact) mass is 315 g/mol. The molecule has 0 atom stereocenters. The Morgan fingerprint density at radius 2 is 1.95 bits per heavy atom. The number of hydrogen-bond acceptors (Lipinski definition) is 5. The first-order chi connectivity index (χ1) is 10.5. The summed E-state index contributed by atoms with van der Waals surface area (Å²) in [6.45, 7) is 5.85. The van der Waals surface area contributed by atoms with Crippen molar-refractivity contribution >= 4 is 11.3 Å². The van der Waals surface area contributed by atoms with Crippen LogP contribution in [0.25, 0.3) is 22.5 Å². The van der Waals surface area contributed by atoms with E-state index in [9.17, 15) is 5.11 Å². The number of rotatable bonds is 3. The molecule has 0 fully saturated rings. The Hall–Kier alpha value is -2.34. The van der Waals surface area contributed by atoms with E-state index in [1.807, 2.05) is 32.2 Å². The molecule has 0 aliphatic carbocycles.